The second-order valence-electron chi connectivity index (χ2n) is 6.30. The van der Waals surface area contributed by atoms with Gasteiger partial charge in [0.25, 0.3) is 0 Å². The molecule has 7 nitrogen and oxygen atoms in total. The van der Waals surface area contributed by atoms with Crippen molar-refractivity contribution in [3.05, 3.63) is 64.9 Å². The molecule has 0 bridgehead atoms. The van der Waals surface area contributed by atoms with Crippen LogP contribution in [0.25, 0.3) is 0 Å². The monoisotopic (exact) mass is 441 g/mol. The van der Waals surface area contributed by atoms with Crippen molar-refractivity contribution in [2.75, 3.05) is 11.1 Å². The molecule has 0 saturated carbocycles. The largest absolute Gasteiger partial charge is 0.481 e. The molecule has 30 heavy (non-hydrogen) atoms. The van der Waals surface area contributed by atoms with Crippen LogP contribution < -0.4 is 10.1 Å². The molecule has 0 aliphatic carbocycles. The van der Waals surface area contributed by atoms with Gasteiger partial charge in [0.2, 0.25) is 5.91 Å². The zero-order valence-electron chi connectivity index (χ0n) is 16.5. The molecule has 3 aromatic rings. The molecule has 1 atom stereocenters. The third-order valence-corrected chi connectivity index (χ3v) is 5.47. The molecule has 1 heterocycles. The van der Waals surface area contributed by atoms with Crippen molar-refractivity contribution in [1.82, 2.24) is 14.8 Å². The first-order valence-corrected chi connectivity index (χ1v) is 10.6. The highest BCUT2D eigenvalue weighted by Crippen LogP contribution is 2.29. The maximum atomic E-state index is 12.3. The lowest BCUT2D eigenvalue weighted by Crippen LogP contribution is -2.15. The van der Waals surface area contributed by atoms with E-state index in [-0.39, 0.29) is 17.8 Å². The summed E-state index contributed by atoms with van der Waals surface area (Å²) < 4.78 is 7.86. The number of aromatic nitrogens is 3. The van der Waals surface area contributed by atoms with E-state index in [4.69, 9.17) is 21.6 Å². The molecule has 1 N–H and O–H groups in total. The number of benzene rings is 2. The Bertz CT molecular complexity index is 1060. The molecule has 0 fully saturated rings. The summed E-state index contributed by atoms with van der Waals surface area (Å²) in [7, 11) is 0. The van der Waals surface area contributed by atoms with E-state index in [9.17, 15) is 4.79 Å². The maximum absolute atomic E-state index is 12.3. The number of hydrogen-bond donors (Lipinski definition) is 1. The summed E-state index contributed by atoms with van der Waals surface area (Å²) in [4.78, 5) is 12.3. The SMILES string of the molecule is CCn1c(SCC(=O)Nc2ccc(C#N)cc2)nnc1C(C)Oc1ccccc1Cl. The van der Waals surface area contributed by atoms with Crippen molar-refractivity contribution in [1.29, 1.82) is 5.26 Å². The summed E-state index contributed by atoms with van der Waals surface area (Å²) >= 11 is 7.47. The number of carbonyl (C=O) groups excluding carboxylic acids is 1. The smallest absolute Gasteiger partial charge is 0.234 e. The quantitative estimate of drug-likeness (QED) is 0.509. The van der Waals surface area contributed by atoms with E-state index in [1.807, 2.05) is 36.6 Å². The van der Waals surface area contributed by atoms with E-state index < -0.39 is 0 Å². The van der Waals surface area contributed by atoms with Gasteiger partial charge in [0, 0.05) is 12.2 Å². The van der Waals surface area contributed by atoms with Crippen LogP contribution in [0.5, 0.6) is 5.75 Å². The number of anilines is 1. The normalized spacial score (nSPS) is 11.5. The van der Waals surface area contributed by atoms with Crippen LogP contribution in [0.4, 0.5) is 5.69 Å². The van der Waals surface area contributed by atoms with Gasteiger partial charge in [0.05, 0.1) is 22.4 Å². The van der Waals surface area contributed by atoms with Crippen LogP contribution in [-0.2, 0) is 11.3 Å². The molecular formula is C21H20ClN5O2S. The molecule has 0 aliphatic rings. The Balaban J connectivity index is 1.62. The number of nitrogens with one attached hydrogen (secondary N) is 1. The van der Waals surface area contributed by atoms with E-state index in [0.717, 1.165) is 0 Å². The fourth-order valence-corrected chi connectivity index (χ4v) is 3.73. The van der Waals surface area contributed by atoms with Crippen LogP contribution in [0, 0.1) is 11.3 Å². The molecule has 1 aromatic heterocycles. The molecule has 0 spiro atoms. The number of carbonyl (C=O) groups is 1. The summed E-state index contributed by atoms with van der Waals surface area (Å²) in [5.41, 5.74) is 1.18. The van der Waals surface area contributed by atoms with Gasteiger partial charge in [-0.1, -0.05) is 35.5 Å². The molecule has 3 rings (SSSR count). The van der Waals surface area contributed by atoms with Gasteiger partial charge in [-0.2, -0.15) is 5.26 Å². The minimum Gasteiger partial charge on any atom is -0.481 e. The molecule has 154 valence electrons. The summed E-state index contributed by atoms with van der Waals surface area (Å²) in [6.07, 6.45) is -0.362. The summed E-state index contributed by atoms with van der Waals surface area (Å²) in [6.45, 7) is 4.50. The molecule has 1 unspecified atom stereocenters. The van der Waals surface area contributed by atoms with Crippen molar-refractivity contribution in [3.8, 4) is 11.8 Å². The van der Waals surface area contributed by atoms with Gasteiger partial charge in [0.1, 0.15) is 5.75 Å². The highest BCUT2D eigenvalue weighted by molar-refractivity contribution is 7.99. The summed E-state index contributed by atoms with van der Waals surface area (Å²) in [6, 6.07) is 16.0. The van der Waals surface area contributed by atoms with Gasteiger partial charge in [-0.05, 0) is 50.2 Å². The second-order valence-corrected chi connectivity index (χ2v) is 7.65. The van der Waals surface area contributed by atoms with Crippen molar-refractivity contribution >= 4 is 35.0 Å². The van der Waals surface area contributed by atoms with Crippen LogP contribution in [0.3, 0.4) is 0 Å². The third-order valence-electron chi connectivity index (χ3n) is 4.20. The van der Waals surface area contributed by atoms with E-state index in [1.165, 1.54) is 11.8 Å². The van der Waals surface area contributed by atoms with Crippen molar-refractivity contribution < 1.29 is 9.53 Å². The number of halogens is 1. The first-order valence-electron chi connectivity index (χ1n) is 9.29. The number of ether oxygens (including phenoxy) is 1. The van der Waals surface area contributed by atoms with Crippen molar-refractivity contribution in [2.45, 2.75) is 31.7 Å². The Morgan fingerprint density at radius 2 is 2.00 bits per heavy atom. The Labute approximate surface area is 184 Å². The van der Waals surface area contributed by atoms with Crippen LogP contribution in [-0.4, -0.2) is 26.4 Å². The molecule has 0 aliphatic heterocycles. The molecule has 0 radical (unpaired) electrons. The Kier molecular flexibility index (Phi) is 7.33. The fraction of sp³-hybridized carbons (Fsp3) is 0.238. The van der Waals surface area contributed by atoms with Crippen molar-refractivity contribution in [3.63, 3.8) is 0 Å². The van der Waals surface area contributed by atoms with Crippen LogP contribution in [0.1, 0.15) is 31.3 Å². The number of amides is 1. The minimum absolute atomic E-state index is 0.169. The fourth-order valence-electron chi connectivity index (χ4n) is 2.74. The highest BCUT2D eigenvalue weighted by Gasteiger charge is 2.20. The lowest BCUT2D eigenvalue weighted by molar-refractivity contribution is -0.113. The first kappa shape index (κ1) is 21.7. The Hall–Kier alpha value is -3.02. The highest BCUT2D eigenvalue weighted by atomic mass is 35.5. The molecule has 0 saturated heterocycles. The second kappa shape index (κ2) is 10.1. The van der Waals surface area contributed by atoms with E-state index in [2.05, 4.69) is 15.5 Å². The zero-order valence-corrected chi connectivity index (χ0v) is 18.1. The molecule has 9 heteroatoms. The van der Waals surface area contributed by atoms with Gasteiger partial charge < -0.3 is 14.6 Å². The number of thioether (sulfide) groups is 1. The maximum Gasteiger partial charge on any atom is 0.234 e. The number of nitriles is 1. The van der Waals surface area contributed by atoms with Gasteiger partial charge in [0.15, 0.2) is 17.1 Å². The van der Waals surface area contributed by atoms with E-state index >= 15 is 0 Å². The van der Waals surface area contributed by atoms with Crippen LogP contribution in [0.15, 0.2) is 53.7 Å². The lowest BCUT2D eigenvalue weighted by Gasteiger charge is -2.16. The predicted molar refractivity (Wildman–Crippen MR) is 117 cm³/mol. The van der Waals surface area contributed by atoms with Gasteiger partial charge in [-0.3, -0.25) is 4.79 Å². The van der Waals surface area contributed by atoms with Crippen molar-refractivity contribution in [2.24, 2.45) is 0 Å². The van der Waals surface area contributed by atoms with Gasteiger partial charge >= 0.3 is 0 Å². The summed E-state index contributed by atoms with van der Waals surface area (Å²) in [5.74, 6) is 1.25. The standard InChI is InChI=1S/C21H20ClN5O2S/c1-3-27-20(14(2)29-18-7-5-4-6-17(18)22)25-26-21(27)30-13-19(28)24-16-10-8-15(12-23)9-11-16/h4-11,14H,3,13H2,1-2H3,(H,24,28). The van der Waals surface area contributed by atoms with Crippen LogP contribution >= 0.6 is 23.4 Å². The van der Waals surface area contributed by atoms with Gasteiger partial charge in [-0.15, -0.1) is 10.2 Å². The topological polar surface area (TPSA) is 92.8 Å². The van der Waals surface area contributed by atoms with E-state index in [0.29, 0.717) is 39.5 Å². The number of rotatable bonds is 8. The molecule has 2 aromatic carbocycles. The zero-order chi connectivity index (χ0) is 21.5. The van der Waals surface area contributed by atoms with Gasteiger partial charge in [-0.25, -0.2) is 0 Å². The number of nitrogens with zero attached hydrogens (tertiary/aromatic N) is 4. The van der Waals surface area contributed by atoms with Crippen LogP contribution in [0.2, 0.25) is 5.02 Å². The third kappa shape index (κ3) is 5.32. The average Bonchev–Trinajstić information content (AvgIpc) is 3.17. The minimum atomic E-state index is -0.362. The summed E-state index contributed by atoms with van der Waals surface area (Å²) in [5, 5.41) is 21.3. The molecule has 1 amide bonds. The van der Waals surface area contributed by atoms with E-state index in [1.54, 1.807) is 36.4 Å². The number of para-hydroxylation sites is 1. The predicted octanol–water partition coefficient (Wildman–Crippen LogP) is 4.69. The Morgan fingerprint density at radius 1 is 1.27 bits per heavy atom. The number of hydrogen-bond acceptors (Lipinski definition) is 6. The molecular weight excluding hydrogens is 422 g/mol. The Morgan fingerprint density at radius 3 is 2.67 bits per heavy atom. The average molecular weight is 442 g/mol. The first-order chi connectivity index (χ1) is 14.5. The lowest BCUT2D eigenvalue weighted by atomic mass is 10.2.